The molecule has 0 aromatic heterocycles. The Morgan fingerprint density at radius 2 is 1.42 bits per heavy atom. The van der Waals surface area contributed by atoms with E-state index >= 15 is 0 Å². The molecule has 4 aliphatic rings. The first-order valence-electron chi connectivity index (χ1n) is 15.5. The molecule has 0 aliphatic heterocycles. The van der Waals surface area contributed by atoms with Crippen LogP contribution >= 0.6 is 0 Å². The summed E-state index contributed by atoms with van der Waals surface area (Å²) in [6.45, 7) is 28.1. The Labute approximate surface area is 236 Å². The van der Waals surface area contributed by atoms with Gasteiger partial charge in [0.25, 0.3) is 0 Å². The molecule has 0 heterocycles. The second-order valence-corrected chi connectivity index (χ2v) is 26.7. The smallest absolute Gasteiger partial charge is 0.192 e. The van der Waals surface area contributed by atoms with Crippen molar-refractivity contribution in [1.29, 1.82) is 0 Å². The zero-order valence-electron chi connectivity index (χ0n) is 26.8. The highest BCUT2D eigenvalue weighted by atomic mass is 28.4. The molecule has 220 valence electrons. The lowest BCUT2D eigenvalue weighted by atomic mass is 9.45. The Hall–Kier alpha value is 0.0138. The molecule has 4 rings (SSSR count). The molecule has 0 amide bonds. The van der Waals surface area contributed by atoms with Crippen molar-refractivity contribution in [3.05, 3.63) is 11.6 Å². The van der Waals surface area contributed by atoms with Gasteiger partial charge in [0.1, 0.15) is 5.60 Å². The number of rotatable bonds is 5. The summed E-state index contributed by atoms with van der Waals surface area (Å²) in [5.74, 6) is 0.869. The average molecular weight is 565 g/mol. The number of hydrogen-bond acceptors (Lipinski definition) is 4. The minimum Gasteiger partial charge on any atom is -0.414 e. The van der Waals surface area contributed by atoms with E-state index in [0.717, 1.165) is 44.9 Å². The number of aliphatic hydroxyl groups is 2. The first-order valence-corrected chi connectivity index (χ1v) is 21.3. The van der Waals surface area contributed by atoms with Crippen LogP contribution in [0.1, 0.15) is 100 Å². The van der Waals surface area contributed by atoms with Crippen molar-refractivity contribution in [3.8, 4) is 0 Å². The monoisotopic (exact) mass is 564 g/mol. The van der Waals surface area contributed by atoms with Crippen molar-refractivity contribution >= 4 is 16.6 Å². The molecule has 3 unspecified atom stereocenters. The van der Waals surface area contributed by atoms with Crippen LogP contribution < -0.4 is 0 Å². The Morgan fingerprint density at radius 1 is 0.842 bits per heavy atom. The van der Waals surface area contributed by atoms with Gasteiger partial charge in [-0.2, -0.15) is 0 Å². The van der Waals surface area contributed by atoms with E-state index in [1.165, 1.54) is 5.57 Å². The summed E-state index contributed by atoms with van der Waals surface area (Å²) in [5.41, 5.74) is 0.334. The fourth-order valence-electron chi connectivity index (χ4n) is 8.32. The van der Waals surface area contributed by atoms with E-state index in [-0.39, 0.29) is 45.6 Å². The zero-order valence-corrected chi connectivity index (χ0v) is 28.8. The minimum absolute atomic E-state index is 0.0597. The fourth-order valence-corrected chi connectivity index (χ4v) is 11.2. The van der Waals surface area contributed by atoms with E-state index < -0.39 is 22.2 Å². The van der Waals surface area contributed by atoms with E-state index in [1.807, 2.05) is 0 Å². The van der Waals surface area contributed by atoms with Crippen LogP contribution in [0, 0.1) is 28.6 Å². The van der Waals surface area contributed by atoms with Crippen LogP contribution in [0.2, 0.25) is 36.3 Å². The molecule has 0 spiro atoms. The van der Waals surface area contributed by atoms with Crippen LogP contribution in [-0.4, -0.2) is 51.3 Å². The standard InChI is InChI=1S/C32H60O4Si2/c1-28(2,3)37(9,10)35-23-15-17-30(7)22(19-23)20-32(34,21-33)27-24-13-14-26(31(24,8)18-16-25(27)30)36-38(11,12)29(4,5)6/h20,23-27,33-34H,13-19,21H2,1-12H3/t23-,24?,25?,26-,27?,30-,31-,32+/m0/s1. The second-order valence-electron chi connectivity index (χ2n) is 17.2. The minimum atomic E-state index is -1.90. The molecule has 4 aliphatic carbocycles. The molecule has 8 atom stereocenters. The van der Waals surface area contributed by atoms with E-state index in [9.17, 15) is 10.2 Å². The van der Waals surface area contributed by atoms with Crippen LogP contribution in [0.4, 0.5) is 0 Å². The molecule has 0 aromatic carbocycles. The summed E-state index contributed by atoms with van der Waals surface area (Å²) in [4.78, 5) is 0. The second kappa shape index (κ2) is 9.52. The third-order valence-electron chi connectivity index (χ3n) is 12.9. The summed E-state index contributed by atoms with van der Waals surface area (Å²) in [6, 6.07) is 0. The Balaban J connectivity index is 1.63. The summed E-state index contributed by atoms with van der Waals surface area (Å²) in [6.07, 6.45) is 10.2. The zero-order chi connectivity index (χ0) is 28.7. The molecule has 2 N–H and O–H groups in total. The van der Waals surface area contributed by atoms with Crippen molar-refractivity contribution in [3.63, 3.8) is 0 Å². The van der Waals surface area contributed by atoms with Gasteiger partial charge in [-0.3, -0.25) is 0 Å². The molecule has 0 saturated heterocycles. The van der Waals surface area contributed by atoms with Crippen LogP contribution in [0.5, 0.6) is 0 Å². The molecular formula is C32H60O4Si2. The molecule has 3 fully saturated rings. The van der Waals surface area contributed by atoms with Crippen molar-refractivity contribution in [1.82, 2.24) is 0 Å². The van der Waals surface area contributed by atoms with E-state index in [4.69, 9.17) is 8.85 Å². The topological polar surface area (TPSA) is 58.9 Å². The van der Waals surface area contributed by atoms with Gasteiger partial charge in [-0.15, -0.1) is 0 Å². The lowest BCUT2D eigenvalue weighted by molar-refractivity contribution is -0.156. The molecular weight excluding hydrogens is 505 g/mol. The van der Waals surface area contributed by atoms with Crippen LogP contribution in [0.3, 0.4) is 0 Å². The Bertz CT molecular complexity index is 931. The average Bonchev–Trinajstić information content (AvgIpc) is 3.08. The van der Waals surface area contributed by atoms with Crippen LogP contribution in [-0.2, 0) is 8.85 Å². The SMILES string of the molecule is CC(C)(C)[Si](C)(C)O[C@H]1CC[C@@]2(C)C(=C[C@@](O)(CO)C3C2CC[C@@]2(C)C3CC[C@@H]2O[Si](C)(C)C(C)(C)C)C1. The third-order valence-corrected chi connectivity index (χ3v) is 22.0. The van der Waals surface area contributed by atoms with Gasteiger partial charge in [-0.05, 0) is 104 Å². The Morgan fingerprint density at radius 3 is 1.97 bits per heavy atom. The summed E-state index contributed by atoms with van der Waals surface area (Å²) in [5, 5.41) is 23.3. The van der Waals surface area contributed by atoms with Crippen LogP contribution in [0.15, 0.2) is 11.6 Å². The summed E-state index contributed by atoms with van der Waals surface area (Å²) in [7, 11) is -3.77. The lowest BCUT2D eigenvalue weighted by Gasteiger charge is -2.62. The largest absolute Gasteiger partial charge is 0.414 e. The number of hydrogen-bond donors (Lipinski definition) is 2. The van der Waals surface area contributed by atoms with E-state index in [1.54, 1.807) is 0 Å². The summed E-state index contributed by atoms with van der Waals surface area (Å²) >= 11 is 0. The number of aliphatic hydroxyl groups excluding tert-OH is 1. The molecule has 3 saturated carbocycles. The lowest BCUT2D eigenvalue weighted by Crippen LogP contribution is -2.62. The first kappa shape index (κ1) is 31.0. The summed E-state index contributed by atoms with van der Waals surface area (Å²) < 4.78 is 14.0. The highest BCUT2D eigenvalue weighted by molar-refractivity contribution is 6.74. The quantitative estimate of drug-likeness (QED) is 0.262. The molecule has 6 heteroatoms. The highest BCUT2D eigenvalue weighted by Crippen LogP contribution is 2.67. The fraction of sp³-hybridized carbons (Fsp3) is 0.938. The van der Waals surface area contributed by atoms with E-state index in [0.29, 0.717) is 11.8 Å². The maximum atomic E-state index is 12.2. The molecule has 0 aromatic rings. The molecule has 4 nitrogen and oxygen atoms in total. The van der Waals surface area contributed by atoms with Crippen molar-refractivity contribution in [2.75, 3.05) is 6.61 Å². The van der Waals surface area contributed by atoms with Crippen molar-refractivity contribution in [2.45, 2.75) is 154 Å². The third kappa shape index (κ3) is 4.89. The maximum absolute atomic E-state index is 12.2. The predicted molar refractivity (Wildman–Crippen MR) is 163 cm³/mol. The van der Waals surface area contributed by atoms with Gasteiger partial charge in [0, 0.05) is 12.0 Å². The van der Waals surface area contributed by atoms with Gasteiger partial charge in [0.05, 0.1) is 12.7 Å². The maximum Gasteiger partial charge on any atom is 0.192 e. The van der Waals surface area contributed by atoms with Gasteiger partial charge in [0.15, 0.2) is 16.6 Å². The van der Waals surface area contributed by atoms with Gasteiger partial charge >= 0.3 is 0 Å². The van der Waals surface area contributed by atoms with Gasteiger partial charge < -0.3 is 19.1 Å². The van der Waals surface area contributed by atoms with Gasteiger partial charge in [0.2, 0.25) is 0 Å². The molecule has 0 bridgehead atoms. The Kier molecular flexibility index (Phi) is 7.76. The first-order chi connectivity index (χ1) is 17.1. The predicted octanol–water partition coefficient (Wildman–Crippen LogP) is 8.06. The highest BCUT2D eigenvalue weighted by Gasteiger charge is 2.65. The molecule has 38 heavy (non-hydrogen) atoms. The van der Waals surface area contributed by atoms with Gasteiger partial charge in [-0.1, -0.05) is 67.0 Å². The van der Waals surface area contributed by atoms with Gasteiger partial charge in [-0.25, -0.2) is 0 Å². The van der Waals surface area contributed by atoms with Crippen LogP contribution in [0.25, 0.3) is 0 Å². The number of fused-ring (bicyclic) bond motifs is 5. The van der Waals surface area contributed by atoms with Crippen molar-refractivity contribution < 1.29 is 19.1 Å². The van der Waals surface area contributed by atoms with Crippen molar-refractivity contribution in [2.24, 2.45) is 28.6 Å². The molecule has 0 radical (unpaired) electrons. The normalized spacial score (nSPS) is 42.3. The van der Waals surface area contributed by atoms with E-state index in [2.05, 4.69) is 87.7 Å².